The van der Waals surface area contributed by atoms with Gasteiger partial charge in [0.25, 0.3) is 5.91 Å². The molecule has 0 aliphatic carbocycles. The van der Waals surface area contributed by atoms with Crippen molar-refractivity contribution in [1.82, 2.24) is 0 Å². The third-order valence-corrected chi connectivity index (χ3v) is 8.60. The van der Waals surface area contributed by atoms with Gasteiger partial charge in [0.15, 0.2) is 0 Å². The van der Waals surface area contributed by atoms with Crippen molar-refractivity contribution in [2.75, 3.05) is 4.90 Å². The summed E-state index contributed by atoms with van der Waals surface area (Å²) in [6.07, 6.45) is 0. The van der Waals surface area contributed by atoms with Crippen LogP contribution in [-0.4, -0.2) is 33.0 Å². The van der Waals surface area contributed by atoms with E-state index in [1.165, 1.54) is 19.3 Å². The second-order valence-corrected chi connectivity index (χ2v) is 11.3. The van der Waals surface area contributed by atoms with Crippen molar-refractivity contribution in [1.29, 1.82) is 0 Å². The summed E-state index contributed by atoms with van der Waals surface area (Å²) in [6.45, 7) is 0.464. The molecule has 4 aromatic carbocycles. The molecule has 0 atom stereocenters. The number of hydrogen-bond donors (Lipinski definition) is 0. The number of nitrogens with zero attached hydrogens (tertiary/aromatic N) is 1. The van der Waals surface area contributed by atoms with Gasteiger partial charge < -0.3 is 14.8 Å². The predicted molar refractivity (Wildman–Crippen MR) is 126 cm³/mol. The van der Waals surface area contributed by atoms with Gasteiger partial charge in [-0.05, 0) is 29.3 Å². The summed E-state index contributed by atoms with van der Waals surface area (Å²) in [5.41, 5.74) is 2.26. The number of carbonyl (C=O) groups is 2. The van der Waals surface area contributed by atoms with Crippen molar-refractivity contribution in [2.45, 2.75) is 6.54 Å². The minimum atomic E-state index is -1.24. The molecule has 0 aromatic heterocycles. The first kappa shape index (κ1) is 21.8. The fourth-order valence-corrected chi connectivity index (χ4v) is 6.47. The number of rotatable bonds is 4. The number of carboxylic acid groups (broad SMARTS) is 1. The molecular weight excluding hydrogens is 505 g/mol. The zero-order chi connectivity index (χ0) is 22.3. The van der Waals surface area contributed by atoms with Crippen LogP contribution in [0.4, 0.5) is 5.69 Å². The third kappa shape index (κ3) is 5.26. The Morgan fingerprint density at radius 3 is 1.94 bits per heavy atom. The molecule has 0 saturated carbocycles. The number of hydrogen-bond acceptors (Lipinski definition) is 3. The second kappa shape index (κ2) is 10.3. The number of aromatic carboxylic acids is 1. The van der Waals surface area contributed by atoms with Crippen LogP contribution in [0.3, 0.4) is 0 Å². The van der Waals surface area contributed by atoms with Crippen molar-refractivity contribution >= 4 is 45.9 Å². The molecule has 1 amide bonds. The molecule has 0 fully saturated rings. The van der Waals surface area contributed by atoms with Crippen LogP contribution in [0.2, 0.25) is 0 Å². The maximum absolute atomic E-state index is 12.2. The molecule has 0 bridgehead atoms. The molecule has 0 spiro atoms. The van der Waals surface area contributed by atoms with E-state index in [1.807, 2.05) is 18.2 Å². The van der Waals surface area contributed by atoms with Gasteiger partial charge in [0.2, 0.25) is 0 Å². The molecule has 4 nitrogen and oxygen atoms in total. The van der Waals surface area contributed by atoms with Crippen LogP contribution in [0.25, 0.3) is 0 Å². The Bertz CT molecular complexity index is 1190. The van der Waals surface area contributed by atoms with Crippen LogP contribution in [0.1, 0.15) is 26.3 Å². The average molecular weight is 525 g/mol. The van der Waals surface area contributed by atoms with E-state index in [1.54, 1.807) is 23.1 Å². The van der Waals surface area contributed by atoms with E-state index in [2.05, 4.69) is 60.7 Å². The number of carbonyl (C=O) groups excluding carboxylic acids is 2. The molecule has 0 radical (unpaired) electrons. The van der Waals surface area contributed by atoms with Crippen molar-refractivity contribution in [3.63, 3.8) is 0 Å². The van der Waals surface area contributed by atoms with Gasteiger partial charge in [-0.25, -0.2) is 0 Å². The van der Waals surface area contributed by atoms with Crippen molar-refractivity contribution in [3.8, 4) is 0 Å². The number of benzene rings is 4. The molecular formula is C27H20NO3Sn+. The van der Waals surface area contributed by atoms with Crippen molar-refractivity contribution in [3.05, 3.63) is 126 Å². The minimum absolute atomic E-state index is 0.0706. The summed E-state index contributed by atoms with van der Waals surface area (Å²) in [7, 11) is 0. The Morgan fingerprint density at radius 2 is 1.34 bits per heavy atom. The molecule has 154 valence electrons. The first-order chi connectivity index (χ1) is 15.6. The van der Waals surface area contributed by atoms with E-state index in [4.69, 9.17) is 0 Å². The molecule has 5 rings (SSSR count). The van der Waals surface area contributed by atoms with Gasteiger partial charge in [-0.3, -0.25) is 4.79 Å². The Labute approximate surface area is 197 Å². The molecule has 5 heteroatoms. The van der Waals surface area contributed by atoms with Crippen molar-refractivity contribution in [2.24, 2.45) is 0 Å². The summed E-state index contributed by atoms with van der Waals surface area (Å²) in [5, 5.41) is 10.9. The van der Waals surface area contributed by atoms with Gasteiger partial charge in [-0.2, -0.15) is 0 Å². The number of fused-ring (bicyclic) bond motifs is 1. The average Bonchev–Trinajstić information content (AvgIpc) is 3.18. The van der Waals surface area contributed by atoms with Gasteiger partial charge >= 0.3 is 89.0 Å². The molecule has 1 aliphatic rings. The van der Waals surface area contributed by atoms with Crippen LogP contribution in [0.5, 0.6) is 0 Å². The fraction of sp³-hybridized carbons (Fsp3) is 0.0370. The Hall–Kier alpha value is -3.38. The van der Waals surface area contributed by atoms with E-state index in [0.717, 1.165) is 5.56 Å². The standard InChI is InChI=1S/C15H11NO3.2C6H5.Sn/c17-14-13-7-2-1-4-11(13)9-16(14)12-6-3-5-10(8-12)15(18)19;2*1-2-4-6-5-3-1;/h1-8H,9H2,(H,18,19);2*1-5H;/q;;;+2/p-1. The van der Waals surface area contributed by atoms with Crippen LogP contribution < -0.4 is 17.2 Å². The van der Waals surface area contributed by atoms with E-state index in [0.29, 0.717) is 17.8 Å². The zero-order valence-electron chi connectivity index (χ0n) is 17.3. The van der Waals surface area contributed by atoms with E-state index >= 15 is 0 Å². The molecule has 0 N–H and O–H groups in total. The normalized spacial score (nSPS) is 11.8. The SMILES string of the molecule is O=C([O-])c1cccc(N2Cc3ccccc3C2=O)c1.c1cc[c]([Sn+2][c]2ccccc2)cc1. The van der Waals surface area contributed by atoms with Crippen LogP contribution in [-0.2, 0) is 6.54 Å². The first-order valence-electron chi connectivity index (χ1n) is 10.2. The summed E-state index contributed by atoms with van der Waals surface area (Å²) in [5.74, 6) is -1.35. The number of carboxylic acids is 1. The van der Waals surface area contributed by atoms with Crippen LogP contribution in [0, 0.1) is 0 Å². The van der Waals surface area contributed by atoms with Gasteiger partial charge in [0.05, 0.1) is 12.5 Å². The monoisotopic (exact) mass is 526 g/mol. The second-order valence-electron chi connectivity index (χ2n) is 7.24. The molecule has 0 saturated heterocycles. The number of anilines is 1. The van der Waals surface area contributed by atoms with E-state index in [-0.39, 0.29) is 11.5 Å². The zero-order valence-corrected chi connectivity index (χ0v) is 20.1. The maximum atomic E-state index is 12.2. The molecule has 1 aliphatic heterocycles. The van der Waals surface area contributed by atoms with Gasteiger partial charge in [-0.15, -0.1) is 0 Å². The van der Waals surface area contributed by atoms with Crippen molar-refractivity contribution < 1.29 is 14.7 Å². The fourth-order valence-electron chi connectivity index (χ4n) is 3.47. The first-order valence-corrected chi connectivity index (χ1v) is 13.1. The topological polar surface area (TPSA) is 60.4 Å². The Balaban J connectivity index is 0.000000165. The molecule has 4 aromatic rings. The third-order valence-electron chi connectivity index (χ3n) is 5.05. The Morgan fingerprint density at radius 1 is 0.750 bits per heavy atom. The van der Waals surface area contributed by atoms with E-state index in [9.17, 15) is 14.7 Å². The molecule has 32 heavy (non-hydrogen) atoms. The van der Waals surface area contributed by atoms with Crippen LogP contribution >= 0.6 is 0 Å². The van der Waals surface area contributed by atoms with Gasteiger partial charge in [0, 0.05) is 11.3 Å². The van der Waals surface area contributed by atoms with Crippen LogP contribution in [0.15, 0.2) is 109 Å². The molecule has 0 unspecified atom stereocenters. The van der Waals surface area contributed by atoms with Gasteiger partial charge in [-0.1, -0.05) is 30.3 Å². The quantitative estimate of drug-likeness (QED) is 0.385. The molecule has 1 heterocycles. The summed E-state index contributed by atoms with van der Waals surface area (Å²) >= 11 is -0.517. The summed E-state index contributed by atoms with van der Waals surface area (Å²) in [6, 6.07) is 35.2. The van der Waals surface area contributed by atoms with Gasteiger partial charge in [0.1, 0.15) is 0 Å². The summed E-state index contributed by atoms with van der Waals surface area (Å²) in [4.78, 5) is 24.7. The Kier molecular flexibility index (Phi) is 7.02. The number of amides is 1. The predicted octanol–water partition coefficient (Wildman–Crippen LogP) is 2.55. The summed E-state index contributed by atoms with van der Waals surface area (Å²) < 4.78 is 3.08. The van der Waals surface area contributed by atoms with E-state index < -0.39 is 27.1 Å².